The van der Waals surface area contributed by atoms with Crippen molar-refractivity contribution in [2.75, 3.05) is 33.2 Å². The highest BCUT2D eigenvalue weighted by atomic mass is 16.1. The van der Waals surface area contributed by atoms with Gasteiger partial charge in [-0.2, -0.15) is 0 Å². The van der Waals surface area contributed by atoms with Crippen molar-refractivity contribution < 1.29 is 4.79 Å². The van der Waals surface area contributed by atoms with Crippen LogP contribution in [-0.4, -0.2) is 54.9 Å². The Morgan fingerprint density at radius 2 is 1.85 bits per heavy atom. The number of rotatable bonds is 4. The molecule has 110 valence electrons. The maximum absolute atomic E-state index is 12.6. The normalized spacial score (nSPS) is 19.6. The molecule has 3 heteroatoms. The van der Waals surface area contributed by atoms with E-state index >= 15 is 0 Å². The lowest BCUT2D eigenvalue weighted by atomic mass is 10.0. The number of Topliss-reactive ketones (excluding diaryl/α,β-unsaturated/α-hetero) is 1. The number of aryl methyl sites for hydroxylation is 1. The second-order valence-corrected chi connectivity index (χ2v) is 5.78. The van der Waals surface area contributed by atoms with Crippen molar-refractivity contribution in [1.82, 2.24) is 9.80 Å². The average Bonchev–Trinajstić information content (AvgIpc) is 2.70. The summed E-state index contributed by atoms with van der Waals surface area (Å²) in [4.78, 5) is 17.2. The fourth-order valence-corrected chi connectivity index (χ4v) is 2.77. The number of likely N-dealkylation sites (N-methyl/N-ethyl adjacent to an activating group) is 1. The van der Waals surface area contributed by atoms with Gasteiger partial charge in [0, 0.05) is 25.2 Å². The fourth-order valence-electron chi connectivity index (χ4n) is 2.77. The summed E-state index contributed by atoms with van der Waals surface area (Å²) in [5.74, 6) is 0.247. The van der Waals surface area contributed by atoms with Crippen molar-refractivity contribution in [2.24, 2.45) is 0 Å². The van der Waals surface area contributed by atoms with Gasteiger partial charge in [-0.1, -0.05) is 31.2 Å². The van der Waals surface area contributed by atoms with Gasteiger partial charge >= 0.3 is 0 Å². The largest absolute Gasteiger partial charge is 0.305 e. The van der Waals surface area contributed by atoms with Crippen molar-refractivity contribution in [2.45, 2.75) is 32.7 Å². The summed E-state index contributed by atoms with van der Waals surface area (Å²) in [6, 6.07) is 8.06. The number of hydrogen-bond acceptors (Lipinski definition) is 3. The lowest BCUT2D eigenvalue weighted by molar-refractivity contribution is 0.0843. The quantitative estimate of drug-likeness (QED) is 0.788. The highest BCUT2D eigenvalue weighted by Gasteiger charge is 2.23. The van der Waals surface area contributed by atoms with Crippen LogP contribution >= 0.6 is 0 Å². The zero-order valence-electron chi connectivity index (χ0n) is 12.9. The minimum absolute atomic E-state index is 0.0195. The number of ketones is 1. The molecule has 1 aliphatic rings. The number of hydrogen-bond donors (Lipinski definition) is 0. The Hall–Kier alpha value is -1.19. The molecule has 1 unspecified atom stereocenters. The number of carbonyl (C=O) groups is 1. The second kappa shape index (κ2) is 7.00. The van der Waals surface area contributed by atoms with E-state index in [-0.39, 0.29) is 11.8 Å². The monoisotopic (exact) mass is 274 g/mol. The summed E-state index contributed by atoms with van der Waals surface area (Å²) < 4.78 is 0. The van der Waals surface area contributed by atoms with E-state index in [0.29, 0.717) is 0 Å². The molecule has 1 heterocycles. The zero-order chi connectivity index (χ0) is 14.5. The van der Waals surface area contributed by atoms with Gasteiger partial charge < -0.3 is 4.90 Å². The second-order valence-electron chi connectivity index (χ2n) is 5.78. The van der Waals surface area contributed by atoms with Crippen molar-refractivity contribution in [1.29, 1.82) is 0 Å². The third-order valence-corrected chi connectivity index (χ3v) is 4.33. The minimum atomic E-state index is -0.0195. The Labute approximate surface area is 122 Å². The van der Waals surface area contributed by atoms with Crippen molar-refractivity contribution in [3.63, 3.8) is 0 Å². The fraction of sp³-hybridized carbons (Fsp3) is 0.588. The first-order valence-electron chi connectivity index (χ1n) is 7.67. The highest BCUT2D eigenvalue weighted by molar-refractivity contribution is 5.99. The first kappa shape index (κ1) is 15.2. The van der Waals surface area contributed by atoms with E-state index in [0.717, 1.165) is 44.6 Å². The molecule has 1 fully saturated rings. The first-order chi connectivity index (χ1) is 9.61. The van der Waals surface area contributed by atoms with Crippen LogP contribution in [-0.2, 0) is 6.42 Å². The van der Waals surface area contributed by atoms with Crippen LogP contribution in [0.3, 0.4) is 0 Å². The van der Waals surface area contributed by atoms with Gasteiger partial charge in [0.1, 0.15) is 0 Å². The Bertz CT molecular complexity index is 441. The van der Waals surface area contributed by atoms with Gasteiger partial charge in [-0.3, -0.25) is 9.69 Å². The van der Waals surface area contributed by atoms with E-state index in [1.165, 1.54) is 5.56 Å². The summed E-state index contributed by atoms with van der Waals surface area (Å²) in [7, 11) is 2.15. The predicted octanol–water partition coefficient (Wildman–Crippen LogP) is 2.46. The van der Waals surface area contributed by atoms with Crippen LogP contribution in [0.2, 0.25) is 0 Å². The molecule has 0 saturated carbocycles. The van der Waals surface area contributed by atoms with Crippen LogP contribution in [0.1, 0.15) is 36.2 Å². The lowest BCUT2D eigenvalue weighted by Gasteiger charge is -2.26. The van der Waals surface area contributed by atoms with Crippen LogP contribution in [0.5, 0.6) is 0 Å². The van der Waals surface area contributed by atoms with Gasteiger partial charge in [0.2, 0.25) is 0 Å². The minimum Gasteiger partial charge on any atom is -0.305 e. The standard InChI is InChI=1S/C17H26N2O/c1-4-15-6-8-16(9-7-15)17(20)14(2)19-11-5-10-18(3)12-13-19/h6-9,14H,4-5,10-13H2,1-3H3. The molecule has 0 radical (unpaired) electrons. The van der Waals surface area contributed by atoms with E-state index in [1.807, 2.05) is 19.1 Å². The van der Waals surface area contributed by atoms with Crippen LogP contribution in [0.4, 0.5) is 0 Å². The molecule has 1 aromatic carbocycles. The first-order valence-corrected chi connectivity index (χ1v) is 7.67. The van der Waals surface area contributed by atoms with E-state index in [9.17, 15) is 4.79 Å². The molecule has 0 amide bonds. The van der Waals surface area contributed by atoms with Crippen LogP contribution in [0.15, 0.2) is 24.3 Å². The molecule has 1 saturated heterocycles. The predicted molar refractivity (Wildman–Crippen MR) is 83.3 cm³/mol. The number of nitrogens with zero attached hydrogens (tertiary/aromatic N) is 2. The lowest BCUT2D eigenvalue weighted by Crippen LogP contribution is -2.41. The average molecular weight is 274 g/mol. The molecule has 0 spiro atoms. The van der Waals surface area contributed by atoms with Gasteiger partial charge in [0.05, 0.1) is 6.04 Å². The van der Waals surface area contributed by atoms with Crippen LogP contribution in [0, 0.1) is 0 Å². The molecule has 3 nitrogen and oxygen atoms in total. The van der Waals surface area contributed by atoms with Crippen molar-refractivity contribution >= 4 is 5.78 Å². The van der Waals surface area contributed by atoms with Crippen molar-refractivity contribution in [3.05, 3.63) is 35.4 Å². The number of benzene rings is 1. The molecule has 0 bridgehead atoms. The van der Waals surface area contributed by atoms with E-state index < -0.39 is 0 Å². The maximum atomic E-state index is 12.6. The molecular weight excluding hydrogens is 248 g/mol. The van der Waals surface area contributed by atoms with E-state index in [1.54, 1.807) is 0 Å². The molecule has 1 atom stereocenters. The highest BCUT2D eigenvalue weighted by Crippen LogP contribution is 2.13. The number of carbonyl (C=O) groups excluding carboxylic acids is 1. The third kappa shape index (κ3) is 3.68. The van der Waals surface area contributed by atoms with Gasteiger partial charge in [0.15, 0.2) is 5.78 Å². The summed E-state index contributed by atoms with van der Waals surface area (Å²) in [6.45, 7) is 8.35. The van der Waals surface area contributed by atoms with Gasteiger partial charge in [0.25, 0.3) is 0 Å². The molecule has 0 N–H and O–H groups in total. The Balaban J connectivity index is 2.03. The Kier molecular flexibility index (Phi) is 5.32. The summed E-state index contributed by atoms with van der Waals surface area (Å²) >= 11 is 0. The Morgan fingerprint density at radius 3 is 2.50 bits per heavy atom. The maximum Gasteiger partial charge on any atom is 0.179 e. The molecular formula is C17H26N2O. The zero-order valence-corrected chi connectivity index (χ0v) is 12.9. The summed E-state index contributed by atoms with van der Waals surface area (Å²) in [5, 5.41) is 0. The molecule has 20 heavy (non-hydrogen) atoms. The van der Waals surface area contributed by atoms with Crippen molar-refractivity contribution in [3.8, 4) is 0 Å². The smallest absolute Gasteiger partial charge is 0.179 e. The molecule has 1 aliphatic heterocycles. The van der Waals surface area contributed by atoms with Gasteiger partial charge in [-0.25, -0.2) is 0 Å². The summed E-state index contributed by atoms with van der Waals surface area (Å²) in [5.41, 5.74) is 2.12. The summed E-state index contributed by atoms with van der Waals surface area (Å²) in [6.07, 6.45) is 2.16. The van der Waals surface area contributed by atoms with Gasteiger partial charge in [-0.05, 0) is 38.9 Å². The SMILES string of the molecule is CCc1ccc(C(=O)C(C)N2CCCN(C)CC2)cc1. The molecule has 0 aromatic heterocycles. The third-order valence-electron chi connectivity index (χ3n) is 4.33. The van der Waals surface area contributed by atoms with E-state index in [4.69, 9.17) is 0 Å². The van der Waals surface area contributed by atoms with Crippen LogP contribution in [0.25, 0.3) is 0 Å². The molecule has 1 aromatic rings. The molecule has 2 rings (SSSR count). The molecule has 0 aliphatic carbocycles. The Morgan fingerprint density at radius 1 is 1.15 bits per heavy atom. The van der Waals surface area contributed by atoms with E-state index in [2.05, 4.69) is 35.9 Å². The topological polar surface area (TPSA) is 23.6 Å². The van der Waals surface area contributed by atoms with Gasteiger partial charge in [-0.15, -0.1) is 0 Å². The van der Waals surface area contributed by atoms with Crippen LogP contribution < -0.4 is 0 Å².